The molecule has 0 amide bonds. The third kappa shape index (κ3) is 4.78. The van der Waals surface area contributed by atoms with E-state index in [0.717, 1.165) is 11.3 Å². The van der Waals surface area contributed by atoms with Crippen LogP contribution in [0.1, 0.15) is 0 Å². The van der Waals surface area contributed by atoms with Gasteiger partial charge in [0.2, 0.25) is 0 Å². The summed E-state index contributed by atoms with van der Waals surface area (Å²) in [6.07, 6.45) is 0. The molecule has 152 valence electrons. The van der Waals surface area contributed by atoms with E-state index in [2.05, 4.69) is 10.2 Å². The van der Waals surface area contributed by atoms with Crippen LogP contribution in [0, 0.1) is 5.82 Å². The number of para-hydroxylation sites is 1. The molecule has 0 saturated heterocycles. The van der Waals surface area contributed by atoms with Crippen LogP contribution < -0.4 is 4.74 Å². The number of ether oxygens (including phenoxy) is 1. The molecule has 0 spiro atoms. The second kappa shape index (κ2) is 9.51. The maximum Gasteiger partial charge on any atom is 0.196 e. The molecule has 0 N–H and O–H groups in total. The van der Waals surface area contributed by atoms with Gasteiger partial charge in [-0.15, -0.1) is 10.2 Å². The van der Waals surface area contributed by atoms with Crippen molar-refractivity contribution in [1.29, 1.82) is 0 Å². The fourth-order valence-electron chi connectivity index (χ4n) is 2.84. The van der Waals surface area contributed by atoms with Crippen molar-refractivity contribution in [1.82, 2.24) is 14.8 Å². The summed E-state index contributed by atoms with van der Waals surface area (Å²) in [5, 5.41) is 10.4. The quantitative estimate of drug-likeness (QED) is 0.232. The molecule has 0 bridgehead atoms. The minimum atomic E-state index is -0.294. The lowest BCUT2D eigenvalue weighted by molar-refractivity contribution is 0.344. The maximum absolute atomic E-state index is 13.3. The zero-order chi connectivity index (χ0) is 20.9. The van der Waals surface area contributed by atoms with E-state index in [9.17, 15) is 4.39 Å². The smallest absolute Gasteiger partial charge is 0.196 e. The van der Waals surface area contributed by atoms with E-state index in [0.29, 0.717) is 39.1 Å². The molecule has 0 fully saturated rings. The molecule has 4 aromatic rings. The van der Waals surface area contributed by atoms with Crippen LogP contribution in [0.5, 0.6) is 5.75 Å². The normalized spacial score (nSPS) is 10.9. The molecule has 4 nitrogen and oxygen atoms in total. The highest BCUT2D eigenvalue weighted by Crippen LogP contribution is 2.30. The Bertz CT molecular complexity index is 1140. The molecule has 3 aromatic carbocycles. The Hall–Kier alpha value is -2.54. The number of rotatable bonds is 7. The van der Waals surface area contributed by atoms with E-state index < -0.39 is 0 Å². The summed E-state index contributed by atoms with van der Waals surface area (Å²) < 4.78 is 21.1. The van der Waals surface area contributed by atoms with Crippen molar-refractivity contribution >= 4 is 35.0 Å². The number of thioether (sulfide) groups is 1. The molecule has 30 heavy (non-hydrogen) atoms. The van der Waals surface area contributed by atoms with Gasteiger partial charge in [-0.1, -0.05) is 53.2 Å². The number of halogens is 3. The standard InChI is InChI=1S/C22H16Cl2FN3OS/c23-16-8-11-20(19(24)14-16)29-12-13-30-22-27-26-21(15-6-9-17(25)10-7-15)28(22)18-4-2-1-3-5-18/h1-11,14H,12-13H2. The SMILES string of the molecule is Fc1ccc(-c2nnc(SCCOc3ccc(Cl)cc3Cl)n2-c2ccccc2)cc1. The Morgan fingerprint density at radius 2 is 1.70 bits per heavy atom. The van der Waals surface area contributed by atoms with Crippen LogP contribution >= 0.6 is 35.0 Å². The van der Waals surface area contributed by atoms with Gasteiger partial charge < -0.3 is 4.74 Å². The molecule has 4 rings (SSSR count). The summed E-state index contributed by atoms with van der Waals surface area (Å²) in [6.45, 7) is 0.430. The minimum Gasteiger partial charge on any atom is -0.491 e. The van der Waals surface area contributed by atoms with Gasteiger partial charge in [0, 0.05) is 22.0 Å². The second-order valence-electron chi connectivity index (χ2n) is 6.26. The van der Waals surface area contributed by atoms with Crippen LogP contribution in [0.2, 0.25) is 10.0 Å². The summed E-state index contributed by atoms with van der Waals surface area (Å²) in [6, 6.07) is 21.1. The van der Waals surface area contributed by atoms with E-state index in [1.165, 1.54) is 23.9 Å². The Morgan fingerprint density at radius 1 is 0.933 bits per heavy atom. The van der Waals surface area contributed by atoms with E-state index in [-0.39, 0.29) is 5.82 Å². The molecule has 1 aromatic heterocycles. The molecular formula is C22H16Cl2FN3OS. The predicted octanol–water partition coefficient (Wildman–Crippen LogP) is 6.55. The van der Waals surface area contributed by atoms with Gasteiger partial charge in [0.25, 0.3) is 0 Å². The lowest BCUT2D eigenvalue weighted by Crippen LogP contribution is -2.03. The highest BCUT2D eigenvalue weighted by Gasteiger charge is 2.16. The fraction of sp³-hybridized carbons (Fsp3) is 0.0909. The molecule has 0 aliphatic carbocycles. The van der Waals surface area contributed by atoms with Gasteiger partial charge in [0.15, 0.2) is 11.0 Å². The van der Waals surface area contributed by atoms with Gasteiger partial charge >= 0.3 is 0 Å². The number of nitrogens with zero attached hydrogens (tertiary/aromatic N) is 3. The number of benzene rings is 3. The fourth-order valence-corrected chi connectivity index (χ4v) is 4.07. The van der Waals surface area contributed by atoms with Crippen LogP contribution in [0.25, 0.3) is 17.1 Å². The summed E-state index contributed by atoms with van der Waals surface area (Å²) in [5.41, 5.74) is 1.70. The minimum absolute atomic E-state index is 0.294. The van der Waals surface area contributed by atoms with E-state index >= 15 is 0 Å². The Kier molecular flexibility index (Phi) is 6.57. The van der Waals surface area contributed by atoms with Gasteiger partial charge in [-0.05, 0) is 54.6 Å². The molecule has 0 unspecified atom stereocenters. The van der Waals surface area contributed by atoms with Crippen molar-refractivity contribution in [2.24, 2.45) is 0 Å². The number of hydrogen-bond donors (Lipinski definition) is 0. The summed E-state index contributed by atoms with van der Waals surface area (Å²) in [7, 11) is 0. The lowest BCUT2D eigenvalue weighted by atomic mass is 10.2. The van der Waals surface area contributed by atoms with Crippen molar-refractivity contribution in [2.75, 3.05) is 12.4 Å². The molecular weight excluding hydrogens is 444 g/mol. The number of hydrogen-bond acceptors (Lipinski definition) is 4. The van der Waals surface area contributed by atoms with Gasteiger partial charge in [0.1, 0.15) is 11.6 Å². The average molecular weight is 460 g/mol. The van der Waals surface area contributed by atoms with Crippen LogP contribution in [-0.4, -0.2) is 27.1 Å². The molecule has 0 atom stereocenters. The first kappa shape index (κ1) is 20.7. The Labute approximate surface area is 187 Å². The summed E-state index contributed by atoms with van der Waals surface area (Å²) in [5.74, 6) is 1.56. The summed E-state index contributed by atoms with van der Waals surface area (Å²) in [4.78, 5) is 0. The van der Waals surface area contributed by atoms with Crippen molar-refractivity contribution < 1.29 is 9.13 Å². The zero-order valence-corrected chi connectivity index (χ0v) is 18.0. The molecule has 8 heteroatoms. The van der Waals surface area contributed by atoms with Crippen LogP contribution in [0.3, 0.4) is 0 Å². The van der Waals surface area contributed by atoms with Gasteiger partial charge in [0.05, 0.1) is 11.6 Å². The van der Waals surface area contributed by atoms with Crippen LogP contribution in [0.4, 0.5) is 4.39 Å². The van der Waals surface area contributed by atoms with E-state index in [1.807, 2.05) is 34.9 Å². The molecule has 0 aliphatic rings. The largest absolute Gasteiger partial charge is 0.491 e. The van der Waals surface area contributed by atoms with Crippen LogP contribution in [-0.2, 0) is 0 Å². The Balaban J connectivity index is 1.53. The highest BCUT2D eigenvalue weighted by atomic mass is 35.5. The van der Waals surface area contributed by atoms with E-state index in [4.69, 9.17) is 27.9 Å². The highest BCUT2D eigenvalue weighted by molar-refractivity contribution is 7.99. The molecule has 0 aliphatic heterocycles. The van der Waals surface area contributed by atoms with Crippen molar-refractivity contribution in [3.63, 3.8) is 0 Å². The van der Waals surface area contributed by atoms with Gasteiger partial charge in [-0.3, -0.25) is 4.57 Å². The average Bonchev–Trinajstić information content (AvgIpc) is 3.17. The first-order valence-corrected chi connectivity index (χ1v) is 10.8. The van der Waals surface area contributed by atoms with Crippen molar-refractivity contribution in [2.45, 2.75) is 5.16 Å². The third-order valence-corrected chi connectivity index (χ3v) is 5.64. The van der Waals surface area contributed by atoms with Crippen LogP contribution in [0.15, 0.2) is 78.0 Å². The maximum atomic E-state index is 13.3. The first-order valence-electron chi connectivity index (χ1n) is 9.09. The number of aromatic nitrogens is 3. The monoisotopic (exact) mass is 459 g/mol. The van der Waals surface area contributed by atoms with E-state index in [1.54, 1.807) is 30.3 Å². The third-order valence-electron chi connectivity index (χ3n) is 4.22. The predicted molar refractivity (Wildman–Crippen MR) is 119 cm³/mol. The van der Waals surface area contributed by atoms with Crippen molar-refractivity contribution in [3.05, 3.63) is 88.7 Å². The summed E-state index contributed by atoms with van der Waals surface area (Å²) >= 11 is 13.6. The second-order valence-corrected chi connectivity index (χ2v) is 8.16. The molecule has 1 heterocycles. The topological polar surface area (TPSA) is 39.9 Å². The van der Waals surface area contributed by atoms with Crippen molar-refractivity contribution in [3.8, 4) is 22.8 Å². The molecule has 0 radical (unpaired) electrons. The molecule has 0 saturated carbocycles. The zero-order valence-electron chi connectivity index (χ0n) is 15.6. The first-order chi connectivity index (χ1) is 14.6. The Morgan fingerprint density at radius 3 is 2.43 bits per heavy atom. The lowest BCUT2D eigenvalue weighted by Gasteiger charge is -2.11. The van der Waals surface area contributed by atoms with Gasteiger partial charge in [-0.25, -0.2) is 4.39 Å². The van der Waals surface area contributed by atoms with Gasteiger partial charge in [-0.2, -0.15) is 0 Å².